The maximum absolute atomic E-state index is 6.04. The van der Waals surface area contributed by atoms with Crippen LogP contribution in [0.4, 0.5) is 0 Å². The molecule has 11 heavy (non-hydrogen) atoms. The summed E-state index contributed by atoms with van der Waals surface area (Å²) in [5, 5.41) is 0.732. The number of hydrogen-bond acceptors (Lipinski definition) is 2. The fraction of sp³-hybridized carbons (Fsp3) is 1.00. The lowest BCUT2D eigenvalue weighted by Gasteiger charge is -2.24. The predicted octanol–water partition coefficient (Wildman–Crippen LogP) is 2.40. The highest BCUT2D eigenvalue weighted by molar-refractivity contribution is 7.99. The van der Waals surface area contributed by atoms with Crippen molar-refractivity contribution < 1.29 is 0 Å². The van der Waals surface area contributed by atoms with Crippen LogP contribution in [0.3, 0.4) is 0 Å². The van der Waals surface area contributed by atoms with Crippen molar-refractivity contribution in [1.82, 2.24) is 0 Å². The minimum atomic E-state index is 0.463. The molecule has 0 saturated heterocycles. The first kappa shape index (κ1) is 9.40. The van der Waals surface area contributed by atoms with Gasteiger partial charge in [0.25, 0.3) is 0 Å². The molecule has 66 valence electrons. The molecule has 1 fully saturated rings. The third kappa shape index (κ3) is 3.04. The molecule has 0 aliphatic heterocycles. The Morgan fingerprint density at radius 2 is 1.73 bits per heavy atom. The Bertz CT molecular complexity index is 106. The summed E-state index contributed by atoms with van der Waals surface area (Å²) < 4.78 is 0. The molecule has 1 aliphatic rings. The summed E-state index contributed by atoms with van der Waals surface area (Å²) in [6.07, 6.45) is 10.3. The maximum atomic E-state index is 6.04. The van der Waals surface area contributed by atoms with Gasteiger partial charge < -0.3 is 5.73 Å². The average molecular weight is 173 g/mol. The maximum Gasteiger partial charge on any atom is 0.0196 e. The molecule has 0 aromatic heterocycles. The van der Waals surface area contributed by atoms with Crippen LogP contribution in [-0.2, 0) is 0 Å². The van der Waals surface area contributed by atoms with Crippen molar-refractivity contribution in [3.8, 4) is 0 Å². The second-order valence-electron chi connectivity index (χ2n) is 3.43. The largest absolute Gasteiger partial charge is 0.327 e. The van der Waals surface area contributed by atoms with Crippen LogP contribution < -0.4 is 5.73 Å². The zero-order valence-corrected chi connectivity index (χ0v) is 8.20. The van der Waals surface area contributed by atoms with E-state index in [1.807, 2.05) is 11.8 Å². The minimum absolute atomic E-state index is 0.463. The predicted molar refractivity (Wildman–Crippen MR) is 53.0 cm³/mol. The number of thioether (sulfide) groups is 1. The topological polar surface area (TPSA) is 26.0 Å². The average Bonchev–Trinajstić information content (AvgIpc) is 1.98. The fourth-order valence-electron chi connectivity index (χ4n) is 1.77. The van der Waals surface area contributed by atoms with Crippen molar-refractivity contribution in [3.05, 3.63) is 0 Å². The van der Waals surface area contributed by atoms with Gasteiger partial charge in [0.05, 0.1) is 0 Å². The molecule has 2 N–H and O–H groups in total. The summed E-state index contributed by atoms with van der Waals surface area (Å²) in [5.74, 6) is 0. The molecule has 2 heteroatoms. The number of hydrogen-bond donors (Lipinski definition) is 1. The van der Waals surface area contributed by atoms with Gasteiger partial charge >= 0.3 is 0 Å². The van der Waals surface area contributed by atoms with Gasteiger partial charge in [0.15, 0.2) is 0 Å². The van der Waals surface area contributed by atoms with E-state index in [1.165, 1.54) is 38.5 Å². The van der Waals surface area contributed by atoms with Gasteiger partial charge in [-0.1, -0.05) is 25.7 Å². The Kier molecular flexibility index (Phi) is 4.31. The standard InChI is InChI=1S/C9H19NS/c1-11-9-7-5-3-2-4-6-8(9)10/h8-9H,2-7,10H2,1H3. The lowest BCUT2D eigenvalue weighted by molar-refractivity contribution is 0.464. The molecule has 2 atom stereocenters. The van der Waals surface area contributed by atoms with Gasteiger partial charge in [0.2, 0.25) is 0 Å². The lowest BCUT2D eigenvalue weighted by Crippen LogP contribution is -2.33. The van der Waals surface area contributed by atoms with Gasteiger partial charge in [-0.25, -0.2) is 0 Å². The highest BCUT2D eigenvalue weighted by atomic mass is 32.2. The van der Waals surface area contributed by atoms with Crippen LogP contribution in [0.25, 0.3) is 0 Å². The van der Waals surface area contributed by atoms with Gasteiger partial charge in [0.1, 0.15) is 0 Å². The molecular formula is C9H19NS. The quantitative estimate of drug-likeness (QED) is 0.659. The van der Waals surface area contributed by atoms with Crippen molar-refractivity contribution in [2.24, 2.45) is 5.73 Å². The van der Waals surface area contributed by atoms with Gasteiger partial charge in [-0.2, -0.15) is 11.8 Å². The van der Waals surface area contributed by atoms with Gasteiger partial charge in [-0.15, -0.1) is 0 Å². The molecule has 0 spiro atoms. The van der Waals surface area contributed by atoms with Crippen LogP contribution >= 0.6 is 11.8 Å². The first-order chi connectivity index (χ1) is 5.34. The Balaban J connectivity index is 2.33. The van der Waals surface area contributed by atoms with Crippen molar-refractivity contribution >= 4 is 11.8 Å². The Morgan fingerprint density at radius 3 is 2.36 bits per heavy atom. The van der Waals surface area contributed by atoms with Crippen LogP contribution in [-0.4, -0.2) is 17.5 Å². The summed E-state index contributed by atoms with van der Waals surface area (Å²) in [6, 6.07) is 0.463. The number of nitrogens with two attached hydrogens (primary N) is 1. The van der Waals surface area contributed by atoms with Crippen LogP contribution in [0.15, 0.2) is 0 Å². The van der Waals surface area contributed by atoms with Crippen LogP contribution in [0.1, 0.15) is 38.5 Å². The molecule has 1 rings (SSSR count). The van der Waals surface area contributed by atoms with E-state index < -0.39 is 0 Å². The van der Waals surface area contributed by atoms with Gasteiger partial charge in [-0.3, -0.25) is 0 Å². The third-order valence-corrected chi connectivity index (χ3v) is 3.75. The fourth-order valence-corrected chi connectivity index (χ4v) is 2.66. The lowest BCUT2D eigenvalue weighted by atomic mass is 9.97. The van der Waals surface area contributed by atoms with E-state index in [-0.39, 0.29) is 0 Å². The van der Waals surface area contributed by atoms with E-state index >= 15 is 0 Å². The van der Waals surface area contributed by atoms with E-state index in [0.29, 0.717) is 6.04 Å². The second-order valence-corrected chi connectivity index (χ2v) is 4.51. The molecule has 0 amide bonds. The molecule has 0 aromatic carbocycles. The molecule has 0 heterocycles. The minimum Gasteiger partial charge on any atom is -0.327 e. The van der Waals surface area contributed by atoms with E-state index in [0.717, 1.165) is 5.25 Å². The van der Waals surface area contributed by atoms with Crippen LogP contribution in [0.5, 0.6) is 0 Å². The molecular weight excluding hydrogens is 154 g/mol. The molecule has 0 bridgehead atoms. The van der Waals surface area contributed by atoms with Crippen molar-refractivity contribution in [3.63, 3.8) is 0 Å². The zero-order chi connectivity index (χ0) is 8.10. The Labute approximate surface area is 74.1 Å². The summed E-state index contributed by atoms with van der Waals surface area (Å²) in [5.41, 5.74) is 6.04. The van der Waals surface area contributed by atoms with E-state index in [2.05, 4.69) is 6.26 Å². The molecule has 1 nitrogen and oxygen atoms in total. The monoisotopic (exact) mass is 173 g/mol. The first-order valence-electron chi connectivity index (χ1n) is 4.63. The van der Waals surface area contributed by atoms with E-state index in [4.69, 9.17) is 5.73 Å². The Hall–Kier alpha value is 0.310. The zero-order valence-electron chi connectivity index (χ0n) is 7.38. The van der Waals surface area contributed by atoms with E-state index in [9.17, 15) is 0 Å². The molecule has 1 aliphatic carbocycles. The van der Waals surface area contributed by atoms with Crippen molar-refractivity contribution in [2.45, 2.75) is 49.8 Å². The molecule has 0 aromatic rings. The van der Waals surface area contributed by atoms with Gasteiger partial charge in [0, 0.05) is 11.3 Å². The van der Waals surface area contributed by atoms with Gasteiger partial charge in [-0.05, 0) is 19.1 Å². The first-order valence-corrected chi connectivity index (χ1v) is 5.92. The smallest absolute Gasteiger partial charge is 0.0196 e. The van der Waals surface area contributed by atoms with Crippen LogP contribution in [0.2, 0.25) is 0 Å². The molecule has 0 radical (unpaired) electrons. The summed E-state index contributed by atoms with van der Waals surface area (Å²) in [4.78, 5) is 0. The molecule has 2 unspecified atom stereocenters. The highest BCUT2D eigenvalue weighted by Gasteiger charge is 2.17. The second kappa shape index (κ2) is 5.04. The van der Waals surface area contributed by atoms with E-state index in [1.54, 1.807) is 0 Å². The highest BCUT2D eigenvalue weighted by Crippen LogP contribution is 2.24. The van der Waals surface area contributed by atoms with Crippen molar-refractivity contribution in [1.29, 1.82) is 0 Å². The number of rotatable bonds is 1. The Morgan fingerprint density at radius 1 is 1.09 bits per heavy atom. The molecule has 1 saturated carbocycles. The normalized spacial score (nSPS) is 34.4. The van der Waals surface area contributed by atoms with Crippen molar-refractivity contribution in [2.75, 3.05) is 6.26 Å². The summed E-state index contributed by atoms with van der Waals surface area (Å²) >= 11 is 1.95. The van der Waals surface area contributed by atoms with Crippen LogP contribution in [0, 0.1) is 0 Å². The summed E-state index contributed by atoms with van der Waals surface area (Å²) in [7, 11) is 0. The SMILES string of the molecule is CSC1CCCCCCC1N. The third-order valence-electron chi connectivity index (χ3n) is 2.56. The summed E-state index contributed by atoms with van der Waals surface area (Å²) in [6.45, 7) is 0.